The van der Waals surface area contributed by atoms with E-state index in [1.807, 2.05) is 0 Å². The Morgan fingerprint density at radius 2 is 2.19 bits per heavy atom. The van der Waals surface area contributed by atoms with Crippen LogP contribution < -0.4 is 5.73 Å². The van der Waals surface area contributed by atoms with E-state index in [4.69, 9.17) is 10.8 Å². The van der Waals surface area contributed by atoms with Crippen LogP contribution in [-0.2, 0) is 13.1 Å². The first-order valence-corrected chi connectivity index (χ1v) is 4.93. The number of aliphatic hydroxyl groups is 1. The van der Waals surface area contributed by atoms with Crippen LogP contribution in [0.5, 0.6) is 0 Å². The van der Waals surface area contributed by atoms with E-state index in [1.54, 1.807) is 13.8 Å². The maximum Gasteiger partial charge on any atom is 0.358 e. The van der Waals surface area contributed by atoms with Crippen LogP contribution in [0, 0.1) is 0 Å². The van der Waals surface area contributed by atoms with Gasteiger partial charge in [0.05, 0.1) is 11.3 Å². The SMILES string of the molecule is CC(C)(O)CCn1nnc(C(=O)O)c1CN. The highest BCUT2D eigenvalue weighted by Crippen LogP contribution is 2.11. The lowest BCUT2D eigenvalue weighted by atomic mass is 10.1. The number of hydrogen-bond donors (Lipinski definition) is 3. The summed E-state index contributed by atoms with van der Waals surface area (Å²) in [6.45, 7) is 3.78. The van der Waals surface area contributed by atoms with E-state index in [9.17, 15) is 9.90 Å². The minimum atomic E-state index is -1.14. The molecule has 90 valence electrons. The van der Waals surface area contributed by atoms with Crippen molar-refractivity contribution in [1.29, 1.82) is 0 Å². The van der Waals surface area contributed by atoms with Gasteiger partial charge in [0, 0.05) is 13.1 Å². The summed E-state index contributed by atoms with van der Waals surface area (Å²) in [6.07, 6.45) is 0.447. The second-order valence-electron chi connectivity index (χ2n) is 4.18. The minimum absolute atomic E-state index is 0.0560. The molecule has 0 aliphatic rings. The summed E-state index contributed by atoms with van der Waals surface area (Å²) in [7, 11) is 0. The van der Waals surface area contributed by atoms with Crippen LogP contribution in [0.15, 0.2) is 0 Å². The molecule has 1 aromatic rings. The lowest BCUT2D eigenvalue weighted by Crippen LogP contribution is -2.23. The van der Waals surface area contributed by atoms with Gasteiger partial charge >= 0.3 is 5.97 Å². The van der Waals surface area contributed by atoms with Crippen molar-refractivity contribution in [2.45, 2.75) is 39.0 Å². The Kier molecular flexibility index (Phi) is 3.61. The average molecular weight is 228 g/mol. The molecule has 0 atom stereocenters. The lowest BCUT2D eigenvalue weighted by Gasteiger charge is -2.16. The van der Waals surface area contributed by atoms with Gasteiger partial charge in [-0.2, -0.15) is 0 Å². The van der Waals surface area contributed by atoms with Gasteiger partial charge in [-0.3, -0.25) is 0 Å². The molecule has 16 heavy (non-hydrogen) atoms. The Morgan fingerprint density at radius 3 is 2.62 bits per heavy atom. The molecule has 0 unspecified atom stereocenters. The van der Waals surface area contributed by atoms with Crippen LogP contribution in [-0.4, -0.2) is 36.8 Å². The molecule has 0 spiro atoms. The molecule has 1 rings (SSSR count). The molecular weight excluding hydrogens is 212 g/mol. The number of carbonyl (C=O) groups is 1. The van der Waals surface area contributed by atoms with Gasteiger partial charge in [-0.05, 0) is 20.3 Å². The Hall–Kier alpha value is -1.47. The van der Waals surface area contributed by atoms with Crippen molar-refractivity contribution < 1.29 is 15.0 Å². The molecule has 0 fully saturated rings. The zero-order valence-corrected chi connectivity index (χ0v) is 9.34. The zero-order chi connectivity index (χ0) is 12.3. The van der Waals surface area contributed by atoms with E-state index in [0.717, 1.165) is 0 Å². The number of aromatic carboxylic acids is 1. The molecule has 0 bridgehead atoms. The number of aryl methyl sites for hydroxylation is 1. The molecule has 7 nitrogen and oxygen atoms in total. The van der Waals surface area contributed by atoms with Gasteiger partial charge in [0.1, 0.15) is 0 Å². The van der Waals surface area contributed by atoms with Crippen LogP contribution in [0.3, 0.4) is 0 Å². The van der Waals surface area contributed by atoms with E-state index < -0.39 is 11.6 Å². The summed E-state index contributed by atoms with van der Waals surface area (Å²) < 4.78 is 1.42. The van der Waals surface area contributed by atoms with Crippen molar-refractivity contribution in [2.24, 2.45) is 5.73 Å². The highest BCUT2D eigenvalue weighted by molar-refractivity contribution is 5.86. The van der Waals surface area contributed by atoms with Crippen molar-refractivity contribution in [2.75, 3.05) is 0 Å². The smallest absolute Gasteiger partial charge is 0.358 e. The van der Waals surface area contributed by atoms with Crippen molar-refractivity contribution >= 4 is 5.97 Å². The third-order valence-electron chi connectivity index (χ3n) is 2.17. The second-order valence-corrected chi connectivity index (χ2v) is 4.18. The normalized spacial score (nSPS) is 11.8. The van der Waals surface area contributed by atoms with E-state index in [-0.39, 0.29) is 12.2 Å². The maximum atomic E-state index is 10.8. The lowest BCUT2D eigenvalue weighted by molar-refractivity contribution is 0.0646. The first kappa shape index (κ1) is 12.6. The molecule has 0 amide bonds. The van der Waals surface area contributed by atoms with Gasteiger partial charge in [-0.25, -0.2) is 9.48 Å². The van der Waals surface area contributed by atoms with Crippen LogP contribution in [0.25, 0.3) is 0 Å². The number of carboxylic acids is 1. The van der Waals surface area contributed by atoms with Crippen LogP contribution >= 0.6 is 0 Å². The fourth-order valence-corrected chi connectivity index (χ4v) is 1.26. The Balaban J connectivity index is 2.85. The van der Waals surface area contributed by atoms with Gasteiger partial charge in [-0.1, -0.05) is 5.21 Å². The molecule has 0 radical (unpaired) electrons. The summed E-state index contributed by atoms with van der Waals surface area (Å²) >= 11 is 0. The molecule has 0 saturated carbocycles. The number of nitrogens with two attached hydrogens (primary N) is 1. The fourth-order valence-electron chi connectivity index (χ4n) is 1.26. The third kappa shape index (κ3) is 3.01. The summed E-state index contributed by atoms with van der Waals surface area (Å²) in [4.78, 5) is 10.8. The van der Waals surface area contributed by atoms with Crippen molar-refractivity contribution in [3.63, 3.8) is 0 Å². The van der Waals surface area contributed by atoms with Gasteiger partial charge in [0.15, 0.2) is 5.69 Å². The average Bonchev–Trinajstić information content (AvgIpc) is 2.56. The van der Waals surface area contributed by atoms with Crippen LogP contribution in [0.4, 0.5) is 0 Å². The predicted octanol–water partition coefficient (Wildman–Crippen LogP) is -0.404. The number of aromatic nitrogens is 3. The molecule has 7 heteroatoms. The van der Waals surface area contributed by atoms with Gasteiger partial charge < -0.3 is 15.9 Å². The maximum absolute atomic E-state index is 10.8. The molecule has 1 aromatic heterocycles. The second kappa shape index (κ2) is 4.58. The Bertz CT molecular complexity index is 381. The van der Waals surface area contributed by atoms with Gasteiger partial charge in [0.25, 0.3) is 0 Å². The first-order chi connectivity index (χ1) is 7.35. The molecule has 0 aliphatic heterocycles. The fraction of sp³-hybridized carbons (Fsp3) is 0.667. The van der Waals surface area contributed by atoms with E-state index in [1.165, 1.54) is 4.68 Å². The number of nitrogens with zero attached hydrogens (tertiary/aromatic N) is 3. The molecule has 0 aliphatic carbocycles. The van der Waals surface area contributed by atoms with Crippen molar-refractivity contribution in [3.05, 3.63) is 11.4 Å². The van der Waals surface area contributed by atoms with E-state index in [0.29, 0.717) is 18.7 Å². The monoisotopic (exact) mass is 228 g/mol. The standard InChI is InChI=1S/C9H16N4O3/c1-9(2,16)3-4-13-6(5-10)7(8(14)15)11-12-13/h16H,3-5,10H2,1-2H3,(H,14,15). The summed E-state index contributed by atoms with van der Waals surface area (Å²) in [5, 5.41) is 25.6. The molecule has 0 saturated heterocycles. The van der Waals surface area contributed by atoms with E-state index >= 15 is 0 Å². The Labute approximate surface area is 92.9 Å². The third-order valence-corrected chi connectivity index (χ3v) is 2.17. The van der Waals surface area contributed by atoms with Crippen LogP contribution in [0.2, 0.25) is 0 Å². The molecule has 4 N–H and O–H groups in total. The highest BCUT2D eigenvalue weighted by Gasteiger charge is 2.19. The largest absolute Gasteiger partial charge is 0.476 e. The Morgan fingerprint density at radius 1 is 1.56 bits per heavy atom. The van der Waals surface area contributed by atoms with E-state index in [2.05, 4.69) is 10.3 Å². The summed E-state index contributed by atoms with van der Waals surface area (Å²) in [5.74, 6) is -1.14. The zero-order valence-electron chi connectivity index (χ0n) is 9.34. The molecular formula is C9H16N4O3. The summed E-state index contributed by atoms with van der Waals surface area (Å²) in [5.41, 5.74) is 4.86. The van der Waals surface area contributed by atoms with Crippen molar-refractivity contribution in [1.82, 2.24) is 15.0 Å². The molecule has 1 heterocycles. The topological polar surface area (TPSA) is 114 Å². The predicted molar refractivity (Wildman–Crippen MR) is 55.8 cm³/mol. The van der Waals surface area contributed by atoms with Crippen molar-refractivity contribution in [3.8, 4) is 0 Å². The quantitative estimate of drug-likeness (QED) is 0.631. The molecule has 0 aromatic carbocycles. The highest BCUT2D eigenvalue weighted by atomic mass is 16.4. The number of hydrogen-bond acceptors (Lipinski definition) is 5. The first-order valence-electron chi connectivity index (χ1n) is 4.93. The van der Waals surface area contributed by atoms with Gasteiger partial charge in [0.2, 0.25) is 0 Å². The number of carboxylic acid groups (broad SMARTS) is 1. The minimum Gasteiger partial charge on any atom is -0.476 e. The summed E-state index contributed by atoms with van der Waals surface area (Å²) in [6, 6.07) is 0. The van der Waals surface area contributed by atoms with Gasteiger partial charge in [-0.15, -0.1) is 5.10 Å². The van der Waals surface area contributed by atoms with Crippen LogP contribution in [0.1, 0.15) is 36.5 Å². The number of rotatable bonds is 5.